The quantitative estimate of drug-likeness (QED) is 0.816. The molecule has 0 spiro atoms. The summed E-state index contributed by atoms with van der Waals surface area (Å²) in [6.07, 6.45) is 0.656. The van der Waals surface area contributed by atoms with Gasteiger partial charge in [-0.2, -0.15) is 0 Å². The van der Waals surface area contributed by atoms with Gasteiger partial charge in [0.15, 0.2) is 9.84 Å². The topological polar surface area (TPSA) is 66.4 Å². The molecule has 1 saturated heterocycles. The normalized spacial score (nSPS) is 18.9. The third-order valence-corrected chi connectivity index (χ3v) is 6.33. The molecule has 1 aliphatic rings. The largest absolute Gasteiger partial charge is 0.353 e. The van der Waals surface area contributed by atoms with Gasteiger partial charge in [-0.25, -0.2) is 18.4 Å². The average molecular weight is 360 g/mol. The summed E-state index contributed by atoms with van der Waals surface area (Å²) in [7, 11) is -0.964. The SMILES string of the molecule is CCN(c1cc(N(C)c2ccccc2)nc(C)n1)C1CCS(=O)(=O)C1. The predicted molar refractivity (Wildman–Crippen MR) is 101 cm³/mol. The molecule has 0 radical (unpaired) electrons. The van der Waals surface area contributed by atoms with Crippen LogP contribution in [0.3, 0.4) is 0 Å². The molecular weight excluding hydrogens is 336 g/mol. The number of sulfone groups is 1. The number of aryl methyl sites for hydroxylation is 1. The molecule has 2 heterocycles. The molecule has 0 bridgehead atoms. The van der Waals surface area contributed by atoms with E-state index in [-0.39, 0.29) is 17.5 Å². The van der Waals surface area contributed by atoms with E-state index in [0.717, 1.165) is 17.3 Å². The Balaban J connectivity index is 1.93. The van der Waals surface area contributed by atoms with Gasteiger partial charge in [0.25, 0.3) is 0 Å². The highest BCUT2D eigenvalue weighted by atomic mass is 32.2. The lowest BCUT2D eigenvalue weighted by Crippen LogP contribution is -2.37. The van der Waals surface area contributed by atoms with E-state index < -0.39 is 9.84 Å². The van der Waals surface area contributed by atoms with Crippen molar-refractivity contribution in [3.8, 4) is 0 Å². The zero-order valence-corrected chi connectivity index (χ0v) is 15.7. The maximum atomic E-state index is 11.9. The number of aromatic nitrogens is 2. The van der Waals surface area contributed by atoms with Crippen LogP contribution in [0.25, 0.3) is 0 Å². The summed E-state index contributed by atoms with van der Waals surface area (Å²) in [6.45, 7) is 4.61. The van der Waals surface area contributed by atoms with Gasteiger partial charge < -0.3 is 9.80 Å². The molecule has 25 heavy (non-hydrogen) atoms. The van der Waals surface area contributed by atoms with Crippen molar-refractivity contribution < 1.29 is 8.42 Å². The molecule has 7 heteroatoms. The van der Waals surface area contributed by atoms with Crippen LogP contribution in [0.2, 0.25) is 0 Å². The van der Waals surface area contributed by atoms with Crippen molar-refractivity contribution in [3.05, 3.63) is 42.2 Å². The minimum absolute atomic E-state index is 0.0146. The second-order valence-electron chi connectivity index (χ2n) is 6.37. The number of anilines is 3. The van der Waals surface area contributed by atoms with Gasteiger partial charge >= 0.3 is 0 Å². The van der Waals surface area contributed by atoms with E-state index in [4.69, 9.17) is 0 Å². The van der Waals surface area contributed by atoms with E-state index in [0.29, 0.717) is 18.8 Å². The van der Waals surface area contributed by atoms with Crippen LogP contribution in [-0.2, 0) is 9.84 Å². The first kappa shape index (κ1) is 17.7. The summed E-state index contributed by atoms with van der Waals surface area (Å²) in [4.78, 5) is 13.2. The van der Waals surface area contributed by atoms with Crippen molar-refractivity contribution in [2.75, 3.05) is 34.9 Å². The fraction of sp³-hybridized carbons (Fsp3) is 0.444. The molecular formula is C18H24N4O2S. The predicted octanol–water partition coefficient (Wildman–Crippen LogP) is 2.57. The molecule has 2 aromatic rings. The van der Waals surface area contributed by atoms with Crippen LogP contribution < -0.4 is 9.80 Å². The highest BCUT2D eigenvalue weighted by molar-refractivity contribution is 7.91. The molecule has 1 aromatic carbocycles. The van der Waals surface area contributed by atoms with Gasteiger partial charge in [0.2, 0.25) is 0 Å². The molecule has 3 rings (SSSR count). The van der Waals surface area contributed by atoms with E-state index in [9.17, 15) is 8.42 Å². The van der Waals surface area contributed by atoms with E-state index in [1.165, 1.54) is 0 Å². The summed E-state index contributed by atoms with van der Waals surface area (Å²) in [6, 6.07) is 11.9. The number of nitrogens with zero attached hydrogens (tertiary/aromatic N) is 4. The van der Waals surface area contributed by atoms with Crippen LogP contribution in [0.5, 0.6) is 0 Å². The van der Waals surface area contributed by atoms with Gasteiger partial charge in [-0.05, 0) is 32.4 Å². The minimum atomic E-state index is -2.93. The molecule has 6 nitrogen and oxygen atoms in total. The maximum absolute atomic E-state index is 11.9. The zero-order valence-electron chi connectivity index (χ0n) is 14.9. The van der Waals surface area contributed by atoms with Gasteiger partial charge in [0.05, 0.1) is 11.5 Å². The van der Waals surface area contributed by atoms with Crippen molar-refractivity contribution in [3.63, 3.8) is 0 Å². The van der Waals surface area contributed by atoms with E-state index >= 15 is 0 Å². The highest BCUT2D eigenvalue weighted by Gasteiger charge is 2.32. The van der Waals surface area contributed by atoms with Gasteiger partial charge in [0.1, 0.15) is 17.5 Å². The van der Waals surface area contributed by atoms with E-state index in [1.807, 2.05) is 62.2 Å². The fourth-order valence-electron chi connectivity index (χ4n) is 3.27. The highest BCUT2D eigenvalue weighted by Crippen LogP contribution is 2.28. The fourth-order valence-corrected chi connectivity index (χ4v) is 5.00. The molecule has 0 N–H and O–H groups in total. The smallest absolute Gasteiger partial charge is 0.152 e. The Morgan fingerprint density at radius 3 is 2.44 bits per heavy atom. The summed E-state index contributed by atoms with van der Waals surface area (Å²) >= 11 is 0. The minimum Gasteiger partial charge on any atom is -0.353 e. The molecule has 0 amide bonds. The standard InChI is InChI=1S/C18H24N4O2S/c1-4-22(16-10-11-25(23,24)13-16)18-12-17(19-14(2)20-18)21(3)15-8-6-5-7-9-15/h5-9,12,16H,4,10-11,13H2,1-3H3. The van der Waals surface area contributed by atoms with Crippen LogP contribution in [0, 0.1) is 6.92 Å². The lowest BCUT2D eigenvalue weighted by Gasteiger charge is -2.29. The Bertz CT molecular complexity index is 839. The summed E-state index contributed by atoms with van der Waals surface area (Å²) in [5, 5.41) is 0. The first-order valence-electron chi connectivity index (χ1n) is 8.51. The van der Waals surface area contributed by atoms with E-state index in [2.05, 4.69) is 14.9 Å². The van der Waals surface area contributed by atoms with Crippen LogP contribution in [0.4, 0.5) is 17.3 Å². The number of hydrogen-bond donors (Lipinski definition) is 0. The van der Waals surface area contributed by atoms with E-state index in [1.54, 1.807) is 0 Å². The molecule has 1 unspecified atom stereocenters. The summed E-state index contributed by atoms with van der Waals surface area (Å²) in [5.41, 5.74) is 1.04. The van der Waals surface area contributed by atoms with Crippen molar-refractivity contribution in [2.24, 2.45) is 0 Å². The Hall–Kier alpha value is -2.15. The third-order valence-electron chi connectivity index (χ3n) is 4.58. The van der Waals surface area contributed by atoms with Gasteiger partial charge in [-0.15, -0.1) is 0 Å². The average Bonchev–Trinajstić information content (AvgIpc) is 2.95. The van der Waals surface area contributed by atoms with Crippen molar-refractivity contribution in [1.82, 2.24) is 9.97 Å². The summed E-state index contributed by atoms with van der Waals surface area (Å²) in [5.74, 6) is 2.72. The monoisotopic (exact) mass is 360 g/mol. The second-order valence-corrected chi connectivity index (χ2v) is 8.60. The number of hydrogen-bond acceptors (Lipinski definition) is 6. The number of rotatable bonds is 5. The lowest BCUT2D eigenvalue weighted by atomic mass is 10.2. The van der Waals surface area contributed by atoms with Crippen LogP contribution >= 0.6 is 0 Å². The van der Waals surface area contributed by atoms with Crippen molar-refractivity contribution >= 4 is 27.2 Å². The lowest BCUT2D eigenvalue weighted by molar-refractivity contribution is 0.599. The third kappa shape index (κ3) is 3.92. The first-order valence-corrected chi connectivity index (χ1v) is 10.3. The Labute approximate surface area is 149 Å². The zero-order chi connectivity index (χ0) is 18.0. The number of para-hydroxylation sites is 1. The first-order chi connectivity index (χ1) is 11.9. The molecule has 134 valence electrons. The van der Waals surface area contributed by atoms with Gasteiger partial charge in [-0.1, -0.05) is 18.2 Å². The Morgan fingerprint density at radius 1 is 1.16 bits per heavy atom. The molecule has 1 aliphatic heterocycles. The van der Waals surface area contributed by atoms with Gasteiger partial charge in [0, 0.05) is 31.4 Å². The molecule has 1 aromatic heterocycles. The van der Waals surface area contributed by atoms with Crippen molar-refractivity contribution in [1.29, 1.82) is 0 Å². The maximum Gasteiger partial charge on any atom is 0.152 e. The number of benzene rings is 1. The summed E-state index contributed by atoms with van der Waals surface area (Å²) < 4.78 is 23.7. The Morgan fingerprint density at radius 2 is 1.84 bits per heavy atom. The van der Waals surface area contributed by atoms with Crippen molar-refractivity contribution in [2.45, 2.75) is 26.3 Å². The second kappa shape index (κ2) is 7.00. The Kier molecular flexibility index (Phi) is 4.94. The molecule has 0 aliphatic carbocycles. The molecule has 1 fully saturated rings. The van der Waals surface area contributed by atoms with Gasteiger partial charge in [-0.3, -0.25) is 0 Å². The molecule has 0 saturated carbocycles. The van der Waals surface area contributed by atoms with Crippen LogP contribution in [0.1, 0.15) is 19.2 Å². The molecule has 1 atom stereocenters. The van der Waals surface area contributed by atoms with Crippen LogP contribution in [-0.4, -0.2) is 49.5 Å². The van der Waals surface area contributed by atoms with Crippen LogP contribution in [0.15, 0.2) is 36.4 Å².